The lowest BCUT2D eigenvalue weighted by atomic mass is 10.2. The van der Waals surface area contributed by atoms with E-state index in [9.17, 15) is 0 Å². The Hall–Kier alpha value is -1.06. The van der Waals surface area contributed by atoms with Gasteiger partial charge in [0.2, 0.25) is 0 Å². The topological polar surface area (TPSA) is 44.5 Å². The Kier molecular flexibility index (Phi) is 5.45. The average Bonchev–Trinajstić information content (AvgIpc) is 2.27. The molecule has 1 aromatic carbocycles. The summed E-state index contributed by atoms with van der Waals surface area (Å²) in [7, 11) is 0. The fraction of sp³-hybridized carbons (Fsp3) is 0.571. The minimum atomic E-state index is -0.0700. The van der Waals surface area contributed by atoms with Crippen molar-refractivity contribution in [2.45, 2.75) is 39.3 Å². The first-order valence-electron chi connectivity index (χ1n) is 6.07. The van der Waals surface area contributed by atoms with Crippen molar-refractivity contribution in [1.82, 2.24) is 0 Å². The molecular formula is C14H23NO2. The molecule has 0 aliphatic heterocycles. The normalized spacial score (nSPS) is 11.5. The fourth-order valence-corrected chi connectivity index (χ4v) is 1.39. The minimum Gasteiger partial charge on any atom is -0.493 e. The summed E-state index contributed by atoms with van der Waals surface area (Å²) in [6.07, 6.45) is 0.893. The van der Waals surface area contributed by atoms with Gasteiger partial charge in [0.15, 0.2) is 0 Å². The molecule has 17 heavy (non-hydrogen) atoms. The van der Waals surface area contributed by atoms with Crippen molar-refractivity contribution < 1.29 is 9.47 Å². The zero-order valence-electron chi connectivity index (χ0n) is 11.0. The summed E-state index contributed by atoms with van der Waals surface area (Å²) in [6, 6.07) is 7.88. The van der Waals surface area contributed by atoms with Crippen LogP contribution in [0.5, 0.6) is 5.75 Å². The van der Waals surface area contributed by atoms with Gasteiger partial charge in [-0.3, -0.25) is 0 Å². The first kappa shape index (κ1) is 14.0. The third kappa shape index (κ3) is 6.29. The highest BCUT2D eigenvalue weighted by Crippen LogP contribution is 2.13. The molecule has 1 rings (SSSR count). The summed E-state index contributed by atoms with van der Waals surface area (Å²) >= 11 is 0. The van der Waals surface area contributed by atoms with Gasteiger partial charge >= 0.3 is 0 Å². The van der Waals surface area contributed by atoms with Gasteiger partial charge in [0.1, 0.15) is 5.75 Å². The highest BCUT2D eigenvalue weighted by atomic mass is 16.5. The van der Waals surface area contributed by atoms with E-state index in [2.05, 4.69) is 20.8 Å². The largest absolute Gasteiger partial charge is 0.493 e. The highest BCUT2D eigenvalue weighted by Gasteiger charge is 2.08. The molecule has 3 nitrogen and oxygen atoms in total. The monoisotopic (exact) mass is 237 g/mol. The quantitative estimate of drug-likeness (QED) is 0.774. The summed E-state index contributed by atoms with van der Waals surface area (Å²) in [5, 5.41) is 0. The van der Waals surface area contributed by atoms with Crippen LogP contribution in [0, 0.1) is 0 Å². The highest BCUT2D eigenvalue weighted by molar-refractivity contribution is 5.28. The first-order chi connectivity index (χ1) is 8.01. The smallest absolute Gasteiger partial charge is 0.119 e. The van der Waals surface area contributed by atoms with Crippen LogP contribution in [0.15, 0.2) is 24.3 Å². The van der Waals surface area contributed by atoms with Gasteiger partial charge in [-0.05, 0) is 38.5 Å². The third-order valence-electron chi connectivity index (χ3n) is 2.23. The van der Waals surface area contributed by atoms with Crippen molar-refractivity contribution in [3.8, 4) is 5.75 Å². The van der Waals surface area contributed by atoms with Crippen molar-refractivity contribution in [2.24, 2.45) is 5.73 Å². The Labute approximate surface area is 104 Å². The van der Waals surface area contributed by atoms with Crippen molar-refractivity contribution in [3.63, 3.8) is 0 Å². The van der Waals surface area contributed by atoms with E-state index in [0.29, 0.717) is 13.2 Å². The van der Waals surface area contributed by atoms with Crippen LogP contribution >= 0.6 is 0 Å². The molecule has 0 fully saturated rings. The van der Waals surface area contributed by atoms with E-state index >= 15 is 0 Å². The van der Waals surface area contributed by atoms with Crippen LogP contribution in [-0.4, -0.2) is 18.8 Å². The number of hydrogen-bond donors (Lipinski definition) is 1. The molecule has 0 atom stereocenters. The molecule has 0 amide bonds. The molecule has 0 spiro atoms. The summed E-state index contributed by atoms with van der Waals surface area (Å²) in [5.41, 5.74) is 6.59. The van der Waals surface area contributed by atoms with Gasteiger partial charge in [0.05, 0.1) is 18.8 Å². The van der Waals surface area contributed by atoms with Gasteiger partial charge in [0.25, 0.3) is 0 Å². The number of rotatable bonds is 6. The van der Waals surface area contributed by atoms with Crippen molar-refractivity contribution in [2.75, 3.05) is 13.2 Å². The molecule has 0 aliphatic carbocycles. The van der Waals surface area contributed by atoms with Gasteiger partial charge in [-0.25, -0.2) is 0 Å². The molecule has 96 valence electrons. The maximum Gasteiger partial charge on any atom is 0.119 e. The Morgan fingerprint density at radius 3 is 2.59 bits per heavy atom. The molecular weight excluding hydrogens is 214 g/mol. The van der Waals surface area contributed by atoms with E-state index in [0.717, 1.165) is 24.3 Å². The maximum atomic E-state index is 5.63. The lowest BCUT2D eigenvalue weighted by Gasteiger charge is -2.19. The van der Waals surface area contributed by atoms with Crippen LogP contribution < -0.4 is 10.5 Å². The average molecular weight is 237 g/mol. The van der Waals surface area contributed by atoms with E-state index in [4.69, 9.17) is 15.2 Å². The van der Waals surface area contributed by atoms with E-state index in [1.807, 2.05) is 24.3 Å². The van der Waals surface area contributed by atoms with Crippen LogP contribution in [0.4, 0.5) is 0 Å². The molecule has 0 aromatic heterocycles. The van der Waals surface area contributed by atoms with Gasteiger partial charge in [0, 0.05) is 13.0 Å². The lowest BCUT2D eigenvalue weighted by molar-refractivity contribution is -0.00768. The summed E-state index contributed by atoms with van der Waals surface area (Å²) in [6.45, 7) is 8.10. The Morgan fingerprint density at radius 1 is 1.18 bits per heavy atom. The van der Waals surface area contributed by atoms with E-state index in [-0.39, 0.29) is 5.60 Å². The SMILES string of the molecule is CC(C)(C)OCCCOc1cccc(CN)c1. The summed E-state index contributed by atoms with van der Waals surface area (Å²) in [5.74, 6) is 0.878. The van der Waals surface area contributed by atoms with E-state index < -0.39 is 0 Å². The zero-order valence-corrected chi connectivity index (χ0v) is 11.0. The number of benzene rings is 1. The van der Waals surface area contributed by atoms with Gasteiger partial charge in [-0.1, -0.05) is 12.1 Å². The fourth-order valence-electron chi connectivity index (χ4n) is 1.39. The molecule has 0 bridgehead atoms. The second-order valence-electron chi connectivity index (χ2n) is 5.01. The van der Waals surface area contributed by atoms with Crippen molar-refractivity contribution >= 4 is 0 Å². The van der Waals surface area contributed by atoms with Crippen LogP contribution in [-0.2, 0) is 11.3 Å². The lowest BCUT2D eigenvalue weighted by Crippen LogP contribution is -2.20. The Bertz CT molecular complexity index is 331. The maximum absolute atomic E-state index is 5.63. The van der Waals surface area contributed by atoms with Gasteiger partial charge in [-0.2, -0.15) is 0 Å². The second kappa shape index (κ2) is 6.62. The molecule has 3 heteroatoms. The second-order valence-corrected chi connectivity index (χ2v) is 5.01. The van der Waals surface area contributed by atoms with E-state index in [1.54, 1.807) is 0 Å². The van der Waals surface area contributed by atoms with Crippen LogP contribution in [0.1, 0.15) is 32.8 Å². The molecule has 0 saturated heterocycles. The Morgan fingerprint density at radius 2 is 1.94 bits per heavy atom. The zero-order chi connectivity index (χ0) is 12.7. The number of hydrogen-bond acceptors (Lipinski definition) is 3. The first-order valence-corrected chi connectivity index (χ1v) is 6.07. The Balaban J connectivity index is 2.22. The molecule has 0 saturated carbocycles. The minimum absolute atomic E-state index is 0.0700. The third-order valence-corrected chi connectivity index (χ3v) is 2.23. The van der Waals surface area contributed by atoms with E-state index in [1.165, 1.54) is 0 Å². The number of ether oxygens (including phenoxy) is 2. The summed E-state index contributed by atoms with van der Waals surface area (Å²) < 4.78 is 11.2. The number of nitrogens with two attached hydrogens (primary N) is 1. The molecule has 0 aliphatic rings. The predicted molar refractivity (Wildman–Crippen MR) is 70.2 cm³/mol. The van der Waals surface area contributed by atoms with Gasteiger partial charge in [-0.15, -0.1) is 0 Å². The molecule has 0 radical (unpaired) electrons. The molecule has 1 aromatic rings. The van der Waals surface area contributed by atoms with Crippen LogP contribution in [0.2, 0.25) is 0 Å². The predicted octanol–water partition coefficient (Wildman–Crippen LogP) is 2.73. The standard InChI is InChI=1S/C14H23NO2/c1-14(2,3)17-9-5-8-16-13-7-4-6-12(10-13)11-15/h4,6-7,10H,5,8-9,11,15H2,1-3H3. The molecule has 0 unspecified atom stereocenters. The van der Waals surface area contributed by atoms with Crippen LogP contribution in [0.3, 0.4) is 0 Å². The van der Waals surface area contributed by atoms with Gasteiger partial charge < -0.3 is 15.2 Å². The van der Waals surface area contributed by atoms with Crippen molar-refractivity contribution in [1.29, 1.82) is 0 Å². The van der Waals surface area contributed by atoms with Crippen LogP contribution in [0.25, 0.3) is 0 Å². The van der Waals surface area contributed by atoms with Crippen molar-refractivity contribution in [3.05, 3.63) is 29.8 Å². The molecule has 0 heterocycles. The summed E-state index contributed by atoms with van der Waals surface area (Å²) in [4.78, 5) is 0. The molecule has 2 N–H and O–H groups in total.